The van der Waals surface area contributed by atoms with E-state index < -0.39 is 14.5 Å². The van der Waals surface area contributed by atoms with Gasteiger partial charge in [0.15, 0.2) is 5.03 Å². The summed E-state index contributed by atoms with van der Waals surface area (Å²) < 4.78 is 23.9. The monoisotopic (exact) mass is 275 g/mol. The molecule has 7 heteroatoms. The number of hydrogen-bond donors (Lipinski definition) is 0. The van der Waals surface area contributed by atoms with Crippen LogP contribution in [0.1, 0.15) is 26.1 Å². The van der Waals surface area contributed by atoms with Crippen LogP contribution >= 0.6 is 10.7 Å². The minimum atomic E-state index is -3.79. The fourth-order valence-electron chi connectivity index (χ4n) is 1.28. The highest BCUT2D eigenvalue weighted by Gasteiger charge is 2.19. The number of imidazole rings is 1. The summed E-state index contributed by atoms with van der Waals surface area (Å²) in [5.41, 5.74) is -0.448. The molecule has 1 rings (SSSR count). The van der Waals surface area contributed by atoms with Crippen molar-refractivity contribution in [1.82, 2.24) is 9.55 Å². The van der Waals surface area contributed by atoms with Crippen LogP contribution in [0.4, 0.5) is 0 Å². The highest BCUT2D eigenvalue weighted by atomic mass is 35.7. The summed E-state index contributed by atoms with van der Waals surface area (Å²) >= 11 is 0. The van der Waals surface area contributed by atoms with E-state index in [-0.39, 0.29) is 5.03 Å². The van der Waals surface area contributed by atoms with Crippen molar-refractivity contribution in [3.8, 4) is 6.07 Å². The molecule has 17 heavy (non-hydrogen) atoms. The van der Waals surface area contributed by atoms with Gasteiger partial charge in [0.2, 0.25) is 0 Å². The molecular weight excluding hydrogens is 262 g/mol. The number of rotatable bonds is 4. The van der Waals surface area contributed by atoms with Crippen LogP contribution in [0.5, 0.6) is 0 Å². The summed E-state index contributed by atoms with van der Waals surface area (Å²) in [6.45, 7) is 5.90. The van der Waals surface area contributed by atoms with Gasteiger partial charge in [-0.3, -0.25) is 0 Å². The average Bonchev–Trinajstić information content (AvgIpc) is 2.57. The van der Waals surface area contributed by atoms with Crippen molar-refractivity contribution in [2.45, 2.75) is 38.8 Å². The molecule has 5 nitrogen and oxygen atoms in total. The van der Waals surface area contributed by atoms with Gasteiger partial charge in [-0.2, -0.15) is 5.26 Å². The Morgan fingerprint density at radius 2 is 2.18 bits per heavy atom. The maximum Gasteiger partial charge on any atom is 0.280 e. The molecule has 0 bridgehead atoms. The molecule has 1 aromatic rings. The SMILES string of the molecule is Cc1nc(S(=O)(=O)Cl)cn1CCC(C)(C)C#N. The zero-order valence-electron chi connectivity index (χ0n) is 9.94. The Bertz CT molecular complexity index is 555. The zero-order chi connectivity index (χ0) is 13.3. The van der Waals surface area contributed by atoms with Gasteiger partial charge < -0.3 is 4.57 Å². The molecule has 0 amide bonds. The second-order valence-corrected chi connectivity index (χ2v) is 7.02. The summed E-state index contributed by atoms with van der Waals surface area (Å²) in [6.07, 6.45) is 2.01. The molecule has 0 saturated carbocycles. The Labute approximate surface area is 105 Å². The number of nitriles is 1. The van der Waals surface area contributed by atoms with E-state index in [2.05, 4.69) is 11.1 Å². The summed E-state index contributed by atoms with van der Waals surface area (Å²) in [6, 6.07) is 2.19. The molecule has 0 radical (unpaired) electrons. The lowest BCUT2D eigenvalue weighted by Gasteiger charge is -2.15. The third kappa shape index (κ3) is 3.72. The molecule has 0 aliphatic carbocycles. The lowest BCUT2D eigenvalue weighted by atomic mass is 9.91. The second kappa shape index (κ2) is 4.67. The predicted octanol–water partition coefficient (Wildman–Crippen LogP) is 2.06. The maximum atomic E-state index is 11.1. The van der Waals surface area contributed by atoms with Crippen LogP contribution in [0, 0.1) is 23.7 Å². The maximum absolute atomic E-state index is 11.1. The molecule has 0 fully saturated rings. The van der Waals surface area contributed by atoms with Gasteiger partial charge >= 0.3 is 0 Å². The number of nitrogens with zero attached hydrogens (tertiary/aromatic N) is 3. The first-order valence-electron chi connectivity index (χ1n) is 5.05. The summed E-state index contributed by atoms with van der Waals surface area (Å²) in [5, 5.41) is 8.74. The molecule has 94 valence electrons. The molecular formula is C10H14ClN3O2S. The number of hydrogen-bond acceptors (Lipinski definition) is 4. The summed E-state index contributed by atoms with van der Waals surface area (Å²) in [7, 11) is 1.42. The third-order valence-corrected chi connectivity index (χ3v) is 3.65. The number of aromatic nitrogens is 2. The largest absolute Gasteiger partial charge is 0.334 e. The van der Waals surface area contributed by atoms with Gasteiger partial charge in [-0.05, 0) is 27.2 Å². The van der Waals surface area contributed by atoms with Crippen LogP contribution in [-0.4, -0.2) is 18.0 Å². The van der Waals surface area contributed by atoms with Gasteiger partial charge in [-0.25, -0.2) is 13.4 Å². The van der Waals surface area contributed by atoms with E-state index in [1.54, 1.807) is 11.5 Å². The van der Waals surface area contributed by atoms with Gasteiger partial charge in [-0.15, -0.1) is 0 Å². The lowest BCUT2D eigenvalue weighted by molar-refractivity contribution is 0.410. The Morgan fingerprint density at radius 1 is 1.59 bits per heavy atom. The summed E-state index contributed by atoms with van der Waals surface area (Å²) in [5.74, 6) is 0.568. The minimum absolute atomic E-state index is 0.147. The lowest BCUT2D eigenvalue weighted by Crippen LogP contribution is -2.12. The van der Waals surface area contributed by atoms with E-state index in [9.17, 15) is 8.42 Å². The minimum Gasteiger partial charge on any atom is -0.334 e. The highest BCUT2D eigenvalue weighted by molar-refractivity contribution is 8.13. The smallest absolute Gasteiger partial charge is 0.280 e. The van der Waals surface area contributed by atoms with Crippen LogP contribution in [0.15, 0.2) is 11.2 Å². The van der Waals surface area contributed by atoms with Gasteiger partial charge in [-0.1, -0.05) is 0 Å². The molecule has 0 N–H and O–H groups in total. The predicted molar refractivity (Wildman–Crippen MR) is 64.0 cm³/mol. The number of halogens is 1. The second-order valence-electron chi connectivity index (χ2n) is 4.50. The summed E-state index contributed by atoms with van der Waals surface area (Å²) in [4.78, 5) is 3.87. The van der Waals surface area contributed by atoms with Crippen LogP contribution in [0.25, 0.3) is 0 Å². The molecule has 0 aliphatic heterocycles. The first-order chi connectivity index (χ1) is 7.65. The van der Waals surface area contributed by atoms with Crippen LogP contribution < -0.4 is 0 Å². The Morgan fingerprint density at radius 3 is 2.59 bits per heavy atom. The van der Waals surface area contributed by atoms with Crippen molar-refractivity contribution in [3.63, 3.8) is 0 Å². The van der Waals surface area contributed by atoms with Crippen molar-refractivity contribution in [3.05, 3.63) is 12.0 Å². The average molecular weight is 276 g/mol. The third-order valence-electron chi connectivity index (χ3n) is 2.48. The van der Waals surface area contributed by atoms with Gasteiger partial charge in [0, 0.05) is 23.4 Å². The highest BCUT2D eigenvalue weighted by Crippen LogP contribution is 2.21. The first kappa shape index (κ1) is 14.0. The van der Waals surface area contributed by atoms with Gasteiger partial charge in [0.25, 0.3) is 9.05 Å². The Kier molecular flexibility index (Phi) is 3.84. The zero-order valence-corrected chi connectivity index (χ0v) is 11.5. The molecule has 1 aromatic heterocycles. The van der Waals surface area contributed by atoms with Gasteiger partial charge in [0.05, 0.1) is 11.5 Å². The van der Waals surface area contributed by atoms with Crippen molar-refractivity contribution in [2.75, 3.05) is 0 Å². The van der Waals surface area contributed by atoms with Gasteiger partial charge in [0.1, 0.15) is 5.82 Å². The molecule has 1 heterocycles. The van der Waals surface area contributed by atoms with E-state index in [1.807, 2.05) is 13.8 Å². The van der Waals surface area contributed by atoms with Crippen LogP contribution in [0.3, 0.4) is 0 Å². The molecule has 0 spiro atoms. The van der Waals surface area contributed by atoms with E-state index in [0.29, 0.717) is 18.8 Å². The van der Waals surface area contributed by atoms with E-state index >= 15 is 0 Å². The topological polar surface area (TPSA) is 75.8 Å². The Hall–Kier alpha value is -1.06. The van der Waals surface area contributed by atoms with Crippen molar-refractivity contribution < 1.29 is 8.42 Å². The van der Waals surface area contributed by atoms with E-state index in [4.69, 9.17) is 15.9 Å². The normalized spacial score (nSPS) is 12.4. The van der Waals surface area contributed by atoms with Crippen molar-refractivity contribution in [1.29, 1.82) is 5.26 Å². The van der Waals surface area contributed by atoms with E-state index in [0.717, 1.165) is 0 Å². The molecule has 0 unspecified atom stereocenters. The first-order valence-corrected chi connectivity index (χ1v) is 7.36. The van der Waals surface area contributed by atoms with Crippen molar-refractivity contribution in [2.24, 2.45) is 5.41 Å². The standard InChI is InChI=1S/C10H14ClN3O2S/c1-8-13-9(17(11,15)16)6-14(8)5-4-10(2,3)7-12/h6H,4-5H2,1-3H3. The van der Waals surface area contributed by atoms with E-state index in [1.165, 1.54) is 6.20 Å². The Balaban J connectivity index is 2.88. The van der Waals surface area contributed by atoms with Crippen molar-refractivity contribution >= 4 is 19.7 Å². The molecule has 0 atom stereocenters. The quantitative estimate of drug-likeness (QED) is 0.788. The fraction of sp³-hybridized carbons (Fsp3) is 0.600. The number of aryl methyl sites for hydroxylation is 2. The molecule has 0 aromatic carbocycles. The van der Waals surface area contributed by atoms with Crippen LogP contribution in [0.2, 0.25) is 0 Å². The van der Waals surface area contributed by atoms with Crippen LogP contribution in [-0.2, 0) is 15.6 Å². The molecule has 0 saturated heterocycles. The fourth-order valence-corrected chi connectivity index (χ4v) is 2.00. The molecule has 0 aliphatic rings.